The minimum atomic E-state index is -0.670. The predicted octanol–water partition coefficient (Wildman–Crippen LogP) is 13.1. The maximum absolute atomic E-state index is 12.3. The van der Waals surface area contributed by atoms with Crippen molar-refractivity contribution in [2.45, 2.75) is 188 Å². The van der Waals surface area contributed by atoms with Crippen LogP contribution in [0.4, 0.5) is 0 Å². The van der Waals surface area contributed by atoms with Crippen molar-refractivity contribution in [3.8, 4) is 0 Å². The van der Waals surface area contributed by atoms with E-state index in [-0.39, 0.29) is 0 Å². The van der Waals surface area contributed by atoms with Crippen molar-refractivity contribution in [2.24, 2.45) is 46.3 Å². The summed E-state index contributed by atoms with van der Waals surface area (Å²) >= 11 is 0. The third-order valence-corrected chi connectivity index (χ3v) is 14.0. The molecule has 0 aromatic rings. The van der Waals surface area contributed by atoms with Crippen LogP contribution in [0.1, 0.15) is 188 Å². The molecule has 252 valence electrons. The largest absolute Gasteiger partial charge is 0.478 e. The second-order valence-corrected chi connectivity index (χ2v) is 16.7. The number of unbranched alkanes of at least 4 members (excludes halogenated alkanes) is 12. The van der Waals surface area contributed by atoms with Crippen LogP contribution in [0.5, 0.6) is 0 Å². The van der Waals surface area contributed by atoms with Gasteiger partial charge in [0.25, 0.3) is 0 Å². The summed E-state index contributed by atoms with van der Waals surface area (Å²) in [5.41, 5.74) is 1.71. The van der Waals surface area contributed by atoms with E-state index >= 15 is 0 Å². The van der Waals surface area contributed by atoms with Gasteiger partial charge in [0.1, 0.15) is 0 Å². The highest BCUT2D eigenvalue weighted by molar-refractivity contribution is 5.86. The van der Waals surface area contributed by atoms with Crippen LogP contribution in [-0.4, -0.2) is 11.1 Å². The van der Waals surface area contributed by atoms with E-state index in [1.165, 1.54) is 148 Å². The number of allylic oxidation sites excluding steroid dienone is 3. The average molecular weight is 609 g/mol. The Balaban J connectivity index is 1.15. The monoisotopic (exact) mass is 609 g/mol. The van der Waals surface area contributed by atoms with Crippen molar-refractivity contribution in [2.75, 3.05) is 0 Å². The first-order chi connectivity index (χ1) is 21.3. The lowest BCUT2D eigenvalue weighted by Gasteiger charge is -2.60. The van der Waals surface area contributed by atoms with Gasteiger partial charge >= 0.3 is 5.97 Å². The van der Waals surface area contributed by atoms with Gasteiger partial charge in [-0.15, -0.1) is 0 Å². The van der Waals surface area contributed by atoms with E-state index in [1.807, 2.05) is 0 Å². The highest BCUT2D eigenvalue weighted by atomic mass is 16.4. The topological polar surface area (TPSA) is 37.3 Å². The molecule has 1 N–H and O–H groups in total. The number of carboxylic acid groups (broad SMARTS) is 1. The van der Waals surface area contributed by atoms with E-state index in [0.717, 1.165) is 36.5 Å². The van der Waals surface area contributed by atoms with Gasteiger partial charge in [0.2, 0.25) is 0 Å². The smallest absolute Gasteiger partial charge is 0.331 e. The highest BCUT2D eigenvalue weighted by Gasteiger charge is 2.60. The van der Waals surface area contributed by atoms with Gasteiger partial charge in [0.15, 0.2) is 0 Å². The van der Waals surface area contributed by atoms with E-state index in [9.17, 15) is 9.90 Å². The average Bonchev–Trinajstić information content (AvgIpc) is 3.37. The zero-order chi connectivity index (χ0) is 31.4. The molecule has 4 saturated carbocycles. The van der Waals surface area contributed by atoms with Gasteiger partial charge in [0, 0.05) is 5.57 Å². The van der Waals surface area contributed by atoms with Crippen LogP contribution in [0.3, 0.4) is 0 Å². The summed E-state index contributed by atoms with van der Waals surface area (Å²) in [5, 5.41) is 10.1. The molecule has 0 bridgehead atoms. The SMILES string of the molecule is CCCCCCCC/C=C\CCCCCCCCC(=C[C@@H](C)[C@H]1CC[C@H]2[C@@H]3CCC4CCCC[C@]4(C)[C@H]3CC[C@]12C)C(=O)O. The molecule has 0 aromatic heterocycles. The Hall–Kier alpha value is -1.05. The number of carbonyl (C=O) groups is 1. The molecule has 0 spiro atoms. The normalized spacial score (nSPS) is 34.5. The molecular formula is C42H72O2. The second-order valence-electron chi connectivity index (χ2n) is 16.7. The van der Waals surface area contributed by atoms with Crippen LogP contribution in [0.25, 0.3) is 0 Å². The van der Waals surface area contributed by atoms with Gasteiger partial charge in [-0.2, -0.15) is 0 Å². The fraction of sp³-hybridized carbons (Fsp3) is 0.881. The van der Waals surface area contributed by atoms with E-state index in [0.29, 0.717) is 28.2 Å². The first-order valence-electron chi connectivity index (χ1n) is 19.9. The highest BCUT2D eigenvalue weighted by Crippen LogP contribution is 2.68. The lowest BCUT2D eigenvalue weighted by Crippen LogP contribution is -2.53. The zero-order valence-electron chi connectivity index (χ0n) is 29.7. The lowest BCUT2D eigenvalue weighted by atomic mass is 9.44. The van der Waals surface area contributed by atoms with Gasteiger partial charge in [-0.25, -0.2) is 4.79 Å². The molecule has 0 aromatic carbocycles. The summed E-state index contributed by atoms with van der Waals surface area (Å²) in [7, 11) is 0. The quantitative estimate of drug-likeness (QED) is 0.0899. The molecular weight excluding hydrogens is 536 g/mol. The van der Waals surface area contributed by atoms with Crippen molar-refractivity contribution in [3.63, 3.8) is 0 Å². The standard InChI is InChI=1S/C42H72O2/c1-5-6-7-8-9-10-11-12-13-14-15-16-17-18-19-20-23-34(40(43)44)32-33(2)37-27-28-38-36-26-25-35-24-21-22-30-41(35,3)39(36)29-31-42(37,38)4/h12-13,32-33,35-39H,5-11,14-31H2,1-4H3,(H,43,44)/b13-12-,34-32?/t33-,35?,36+,37-,38+,39+,41+,42-/m1/s1. The summed E-state index contributed by atoms with van der Waals surface area (Å²) in [6.45, 7) is 9.94. The van der Waals surface area contributed by atoms with Crippen molar-refractivity contribution in [3.05, 3.63) is 23.8 Å². The Bertz CT molecular complexity index is 917. The minimum Gasteiger partial charge on any atom is -0.478 e. The number of fused-ring (bicyclic) bond motifs is 5. The van der Waals surface area contributed by atoms with Gasteiger partial charge in [0.05, 0.1) is 0 Å². The van der Waals surface area contributed by atoms with Crippen molar-refractivity contribution in [1.82, 2.24) is 0 Å². The number of hydrogen-bond donors (Lipinski definition) is 1. The van der Waals surface area contributed by atoms with Crippen LogP contribution in [0, 0.1) is 46.3 Å². The molecule has 0 radical (unpaired) electrons. The third-order valence-electron chi connectivity index (χ3n) is 14.0. The maximum Gasteiger partial charge on any atom is 0.331 e. The van der Waals surface area contributed by atoms with E-state index in [2.05, 4.69) is 45.9 Å². The summed E-state index contributed by atoms with van der Waals surface area (Å²) < 4.78 is 0. The molecule has 2 nitrogen and oxygen atoms in total. The minimum absolute atomic E-state index is 0.378. The van der Waals surface area contributed by atoms with Gasteiger partial charge in [-0.3, -0.25) is 0 Å². The fourth-order valence-electron chi connectivity index (χ4n) is 11.5. The molecule has 44 heavy (non-hydrogen) atoms. The summed E-state index contributed by atoms with van der Waals surface area (Å²) in [6, 6.07) is 0. The molecule has 4 aliphatic carbocycles. The Morgan fingerprint density at radius 3 is 2.05 bits per heavy atom. The van der Waals surface area contributed by atoms with Crippen molar-refractivity contribution < 1.29 is 9.90 Å². The van der Waals surface area contributed by atoms with Gasteiger partial charge < -0.3 is 5.11 Å². The molecule has 4 aliphatic rings. The fourth-order valence-corrected chi connectivity index (χ4v) is 11.5. The van der Waals surface area contributed by atoms with Gasteiger partial charge in [-0.1, -0.05) is 117 Å². The van der Waals surface area contributed by atoms with Crippen LogP contribution in [0.15, 0.2) is 23.8 Å². The first-order valence-corrected chi connectivity index (χ1v) is 19.9. The Morgan fingerprint density at radius 1 is 0.727 bits per heavy atom. The molecule has 4 rings (SSSR count). The number of rotatable bonds is 19. The molecule has 0 saturated heterocycles. The van der Waals surface area contributed by atoms with Crippen LogP contribution < -0.4 is 0 Å². The second kappa shape index (κ2) is 17.8. The Labute approximate surface area is 273 Å². The third kappa shape index (κ3) is 9.06. The van der Waals surface area contributed by atoms with Crippen molar-refractivity contribution in [1.29, 1.82) is 0 Å². The summed E-state index contributed by atoms with van der Waals surface area (Å²) in [4.78, 5) is 12.3. The van der Waals surface area contributed by atoms with Crippen LogP contribution >= 0.6 is 0 Å². The summed E-state index contributed by atoms with van der Waals surface area (Å²) in [5.74, 6) is 4.09. The van der Waals surface area contributed by atoms with Crippen molar-refractivity contribution >= 4 is 5.97 Å². The number of carboxylic acids is 1. The Kier molecular flexibility index (Phi) is 14.4. The Morgan fingerprint density at radius 2 is 1.36 bits per heavy atom. The molecule has 4 fully saturated rings. The van der Waals surface area contributed by atoms with E-state index in [4.69, 9.17) is 0 Å². The molecule has 2 heteroatoms. The van der Waals surface area contributed by atoms with Gasteiger partial charge in [-0.05, 0) is 136 Å². The van der Waals surface area contributed by atoms with E-state index < -0.39 is 5.97 Å². The molecule has 1 unspecified atom stereocenters. The number of aliphatic carboxylic acids is 1. The molecule has 0 amide bonds. The predicted molar refractivity (Wildman–Crippen MR) is 189 cm³/mol. The lowest BCUT2D eigenvalue weighted by molar-refractivity contribution is -0.132. The summed E-state index contributed by atoms with van der Waals surface area (Å²) in [6.07, 6.45) is 40.2. The molecule has 0 heterocycles. The molecule has 0 aliphatic heterocycles. The number of hydrogen-bond acceptors (Lipinski definition) is 1. The van der Waals surface area contributed by atoms with Crippen LogP contribution in [-0.2, 0) is 4.79 Å². The van der Waals surface area contributed by atoms with Crippen LogP contribution in [0.2, 0.25) is 0 Å². The first kappa shape index (κ1) is 35.8. The van der Waals surface area contributed by atoms with E-state index in [1.54, 1.807) is 0 Å². The zero-order valence-corrected chi connectivity index (χ0v) is 29.7. The maximum atomic E-state index is 12.3. The molecule has 8 atom stereocenters.